The summed E-state index contributed by atoms with van der Waals surface area (Å²) in [4.78, 5) is 11.5. The van der Waals surface area contributed by atoms with E-state index in [1.807, 2.05) is 31.2 Å². The molecule has 0 aliphatic rings. The van der Waals surface area contributed by atoms with Crippen molar-refractivity contribution in [1.29, 1.82) is 0 Å². The number of para-hydroxylation sites is 1. The van der Waals surface area contributed by atoms with Crippen molar-refractivity contribution in [3.05, 3.63) is 29.8 Å². The number of hydrogen-bond acceptors (Lipinski definition) is 4. The highest BCUT2D eigenvalue weighted by Crippen LogP contribution is 2.30. The molecule has 1 aromatic carbocycles. The molecule has 2 N–H and O–H groups in total. The van der Waals surface area contributed by atoms with E-state index in [4.69, 9.17) is 14.9 Å². The number of nitrogen functional groups attached to an aromatic ring is 1. The lowest BCUT2D eigenvalue weighted by Crippen LogP contribution is -2.28. The summed E-state index contributed by atoms with van der Waals surface area (Å²) in [5, 5.41) is 0. The summed E-state index contributed by atoms with van der Waals surface area (Å²) in [6.45, 7) is 8.60. The highest BCUT2D eigenvalue weighted by molar-refractivity contribution is 6.69. The third-order valence-corrected chi connectivity index (χ3v) is 3.75. The van der Waals surface area contributed by atoms with Crippen LogP contribution in [0.1, 0.15) is 31.4 Å². The van der Waals surface area contributed by atoms with Crippen LogP contribution in [-0.4, -0.2) is 20.9 Å². The molecule has 0 fully saturated rings. The summed E-state index contributed by atoms with van der Waals surface area (Å²) in [7, 11) is -1.72. The quantitative estimate of drug-likeness (QED) is 0.475. The van der Waals surface area contributed by atoms with E-state index in [2.05, 4.69) is 19.6 Å². The number of nitrogens with two attached hydrogens (primary N) is 1. The molecule has 0 aliphatic carbocycles. The normalized spacial score (nSPS) is 13.0. The fourth-order valence-corrected chi connectivity index (χ4v) is 3.09. The van der Waals surface area contributed by atoms with Crippen molar-refractivity contribution in [3.63, 3.8) is 0 Å². The van der Waals surface area contributed by atoms with Crippen molar-refractivity contribution in [1.82, 2.24) is 0 Å². The van der Waals surface area contributed by atoms with Gasteiger partial charge in [-0.3, -0.25) is 4.79 Å². The standard InChI is InChI=1S/C15H25NO3Si/c1-5-18-15(17)11-10-14(19-20(2,3)4)12-8-6-7-9-13(12)16/h6-9,14H,5,10-11,16H2,1-4H3. The second-order valence-corrected chi connectivity index (χ2v) is 10.2. The van der Waals surface area contributed by atoms with Crippen molar-refractivity contribution < 1.29 is 14.0 Å². The van der Waals surface area contributed by atoms with Crippen LogP contribution in [0.3, 0.4) is 0 Å². The van der Waals surface area contributed by atoms with Gasteiger partial charge < -0.3 is 14.9 Å². The molecule has 0 aliphatic heterocycles. The Kier molecular flexibility index (Phi) is 6.23. The van der Waals surface area contributed by atoms with Gasteiger partial charge in [0.2, 0.25) is 0 Å². The third-order valence-electron chi connectivity index (χ3n) is 2.75. The van der Waals surface area contributed by atoms with E-state index in [1.54, 1.807) is 0 Å². The number of ether oxygens (including phenoxy) is 1. The second kappa shape index (κ2) is 7.45. The van der Waals surface area contributed by atoms with Gasteiger partial charge in [0.25, 0.3) is 0 Å². The first-order chi connectivity index (χ1) is 9.33. The van der Waals surface area contributed by atoms with Gasteiger partial charge >= 0.3 is 5.97 Å². The monoisotopic (exact) mass is 295 g/mol. The zero-order chi connectivity index (χ0) is 15.2. The van der Waals surface area contributed by atoms with E-state index >= 15 is 0 Å². The average Bonchev–Trinajstić information content (AvgIpc) is 2.34. The maximum atomic E-state index is 11.5. The first kappa shape index (κ1) is 16.7. The molecule has 0 saturated carbocycles. The number of benzene rings is 1. The summed E-state index contributed by atoms with van der Waals surface area (Å²) in [6.07, 6.45) is 0.793. The number of anilines is 1. The van der Waals surface area contributed by atoms with Crippen LogP contribution in [0, 0.1) is 0 Å². The highest BCUT2D eigenvalue weighted by atomic mass is 28.4. The highest BCUT2D eigenvalue weighted by Gasteiger charge is 2.24. The van der Waals surface area contributed by atoms with Crippen LogP contribution in [0.4, 0.5) is 5.69 Å². The van der Waals surface area contributed by atoms with Gasteiger partial charge in [0.05, 0.1) is 12.7 Å². The summed E-state index contributed by atoms with van der Waals surface area (Å²) in [6, 6.07) is 7.66. The molecule has 0 bridgehead atoms. The zero-order valence-electron chi connectivity index (χ0n) is 12.8. The molecule has 20 heavy (non-hydrogen) atoms. The Morgan fingerprint density at radius 3 is 2.50 bits per heavy atom. The second-order valence-electron chi connectivity index (χ2n) is 5.69. The Balaban J connectivity index is 2.81. The first-order valence-electron chi connectivity index (χ1n) is 7.01. The summed E-state index contributed by atoms with van der Waals surface area (Å²) < 4.78 is 11.2. The van der Waals surface area contributed by atoms with Crippen LogP contribution in [0.15, 0.2) is 24.3 Å². The first-order valence-corrected chi connectivity index (χ1v) is 10.4. The Morgan fingerprint density at radius 2 is 1.95 bits per heavy atom. The lowest BCUT2D eigenvalue weighted by Gasteiger charge is -2.27. The number of rotatable bonds is 7. The Bertz CT molecular complexity index is 443. The van der Waals surface area contributed by atoms with Gasteiger partial charge in [0, 0.05) is 17.7 Å². The number of hydrogen-bond donors (Lipinski definition) is 1. The van der Waals surface area contributed by atoms with Crippen molar-refractivity contribution in [2.45, 2.75) is 45.5 Å². The average molecular weight is 295 g/mol. The molecule has 5 heteroatoms. The minimum absolute atomic E-state index is 0.146. The summed E-state index contributed by atoms with van der Waals surface area (Å²) in [5.74, 6) is -0.189. The lowest BCUT2D eigenvalue weighted by atomic mass is 10.0. The smallest absolute Gasteiger partial charge is 0.305 e. The molecule has 0 amide bonds. The summed E-state index contributed by atoms with van der Waals surface area (Å²) in [5.41, 5.74) is 7.69. The number of carbonyl (C=O) groups is 1. The fourth-order valence-electron chi connectivity index (χ4n) is 1.99. The van der Waals surface area contributed by atoms with Crippen LogP contribution in [0.25, 0.3) is 0 Å². The van der Waals surface area contributed by atoms with Gasteiger partial charge in [0.15, 0.2) is 8.32 Å². The molecule has 0 aromatic heterocycles. The van der Waals surface area contributed by atoms with E-state index in [9.17, 15) is 4.79 Å². The molecule has 4 nitrogen and oxygen atoms in total. The molecule has 112 valence electrons. The maximum Gasteiger partial charge on any atom is 0.305 e. The molecule has 0 saturated heterocycles. The molecule has 0 radical (unpaired) electrons. The molecule has 0 spiro atoms. The van der Waals surface area contributed by atoms with Gasteiger partial charge in [-0.05, 0) is 39.1 Å². The van der Waals surface area contributed by atoms with Crippen LogP contribution < -0.4 is 5.73 Å². The maximum absolute atomic E-state index is 11.5. The van der Waals surface area contributed by atoms with Crippen LogP contribution in [-0.2, 0) is 14.0 Å². The fraction of sp³-hybridized carbons (Fsp3) is 0.533. The molecule has 1 unspecified atom stereocenters. The SMILES string of the molecule is CCOC(=O)CCC(O[Si](C)(C)C)c1ccccc1N. The summed E-state index contributed by atoms with van der Waals surface area (Å²) >= 11 is 0. The Morgan fingerprint density at radius 1 is 1.30 bits per heavy atom. The van der Waals surface area contributed by atoms with E-state index in [0.29, 0.717) is 25.1 Å². The van der Waals surface area contributed by atoms with E-state index in [-0.39, 0.29) is 12.1 Å². The van der Waals surface area contributed by atoms with Crippen LogP contribution in [0.5, 0.6) is 0 Å². The van der Waals surface area contributed by atoms with Crippen molar-refractivity contribution >= 4 is 20.0 Å². The predicted molar refractivity (Wildman–Crippen MR) is 83.9 cm³/mol. The number of esters is 1. The molecular weight excluding hydrogens is 270 g/mol. The molecule has 1 atom stereocenters. The Labute approximate surface area is 122 Å². The lowest BCUT2D eigenvalue weighted by molar-refractivity contribution is -0.143. The van der Waals surface area contributed by atoms with Gasteiger partial charge in [0.1, 0.15) is 0 Å². The van der Waals surface area contributed by atoms with Crippen molar-refractivity contribution in [2.24, 2.45) is 0 Å². The third kappa shape index (κ3) is 5.75. The largest absolute Gasteiger partial charge is 0.466 e. The molecular formula is C15H25NO3Si. The van der Waals surface area contributed by atoms with E-state index in [1.165, 1.54) is 0 Å². The Hall–Kier alpha value is -1.33. The minimum Gasteiger partial charge on any atom is -0.466 e. The van der Waals surface area contributed by atoms with Gasteiger partial charge in [-0.25, -0.2) is 0 Å². The topological polar surface area (TPSA) is 61.5 Å². The molecule has 1 rings (SSSR count). The minimum atomic E-state index is -1.72. The molecule has 0 heterocycles. The van der Waals surface area contributed by atoms with Gasteiger partial charge in [-0.1, -0.05) is 18.2 Å². The predicted octanol–water partition coefficient (Wildman–Crippen LogP) is 3.50. The van der Waals surface area contributed by atoms with Crippen molar-refractivity contribution in [2.75, 3.05) is 12.3 Å². The zero-order valence-corrected chi connectivity index (χ0v) is 13.8. The van der Waals surface area contributed by atoms with E-state index in [0.717, 1.165) is 5.56 Å². The van der Waals surface area contributed by atoms with Crippen molar-refractivity contribution in [3.8, 4) is 0 Å². The van der Waals surface area contributed by atoms with E-state index < -0.39 is 8.32 Å². The molecule has 1 aromatic rings. The van der Waals surface area contributed by atoms with Crippen LogP contribution in [0.2, 0.25) is 19.6 Å². The van der Waals surface area contributed by atoms with Crippen LogP contribution >= 0.6 is 0 Å². The number of carbonyl (C=O) groups excluding carboxylic acids is 1. The van der Waals surface area contributed by atoms with Gasteiger partial charge in [-0.15, -0.1) is 0 Å². The van der Waals surface area contributed by atoms with Gasteiger partial charge in [-0.2, -0.15) is 0 Å².